The second-order valence-corrected chi connectivity index (χ2v) is 4.43. The molecule has 1 aromatic heterocycles. The number of nitrogens with two attached hydrogens (primary N) is 2. The Bertz CT molecular complexity index is 405. The molecule has 0 radical (unpaired) electrons. The van der Waals surface area contributed by atoms with E-state index in [2.05, 4.69) is 5.10 Å². The van der Waals surface area contributed by atoms with Crippen molar-refractivity contribution in [3.63, 3.8) is 0 Å². The van der Waals surface area contributed by atoms with Crippen LogP contribution in [0.5, 0.6) is 0 Å². The Morgan fingerprint density at radius 1 is 1.42 bits per heavy atom. The zero-order valence-corrected chi connectivity index (χ0v) is 7.59. The first-order valence-corrected chi connectivity index (χ1v) is 5.01. The highest BCUT2D eigenvalue weighted by Crippen LogP contribution is 2.22. The molecule has 7 heteroatoms. The maximum Gasteiger partial charge on any atom is 0.201 e. The first kappa shape index (κ1) is 8.85. The first-order valence-electron chi connectivity index (χ1n) is 3.12. The number of aryl methyl sites for hydroxylation is 1. The highest BCUT2D eigenvalue weighted by molar-refractivity contribution is 7.90. The van der Waals surface area contributed by atoms with Gasteiger partial charge < -0.3 is 11.5 Å². The SMILES string of the molecule is Cn1nc(S(C)(=O)=O)c(N)c1N. The third kappa shape index (κ3) is 1.22. The van der Waals surface area contributed by atoms with Crippen LogP contribution in [0.4, 0.5) is 11.5 Å². The second kappa shape index (κ2) is 2.37. The molecule has 0 aliphatic heterocycles. The minimum Gasteiger partial charge on any atom is -0.393 e. The van der Waals surface area contributed by atoms with E-state index in [1.54, 1.807) is 0 Å². The Morgan fingerprint density at radius 3 is 2.08 bits per heavy atom. The van der Waals surface area contributed by atoms with Crippen molar-refractivity contribution in [1.82, 2.24) is 9.78 Å². The van der Waals surface area contributed by atoms with Gasteiger partial charge in [-0.05, 0) is 0 Å². The quantitative estimate of drug-likeness (QED) is 0.590. The molecular weight excluding hydrogens is 180 g/mol. The van der Waals surface area contributed by atoms with Gasteiger partial charge >= 0.3 is 0 Å². The van der Waals surface area contributed by atoms with Gasteiger partial charge in [0, 0.05) is 13.3 Å². The number of sulfone groups is 1. The molecule has 0 amide bonds. The fourth-order valence-corrected chi connectivity index (χ4v) is 1.58. The topological polar surface area (TPSA) is 104 Å². The van der Waals surface area contributed by atoms with Crippen molar-refractivity contribution in [2.75, 3.05) is 17.7 Å². The van der Waals surface area contributed by atoms with Crippen LogP contribution < -0.4 is 11.5 Å². The Balaban J connectivity index is 3.48. The molecule has 0 aliphatic carbocycles. The normalized spacial score (nSPS) is 11.8. The van der Waals surface area contributed by atoms with E-state index in [4.69, 9.17) is 11.5 Å². The van der Waals surface area contributed by atoms with E-state index in [1.165, 1.54) is 11.7 Å². The third-order valence-corrected chi connectivity index (χ3v) is 2.45. The van der Waals surface area contributed by atoms with Crippen LogP contribution in [0.2, 0.25) is 0 Å². The lowest BCUT2D eigenvalue weighted by Gasteiger charge is -1.92. The largest absolute Gasteiger partial charge is 0.393 e. The summed E-state index contributed by atoms with van der Waals surface area (Å²) in [5.74, 6) is 0.162. The number of aromatic nitrogens is 2. The molecule has 0 atom stereocenters. The summed E-state index contributed by atoms with van der Waals surface area (Å²) < 4.78 is 23.2. The molecule has 0 fully saturated rings. The van der Waals surface area contributed by atoms with Gasteiger partial charge in [-0.3, -0.25) is 0 Å². The molecule has 0 spiro atoms. The highest BCUT2D eigenvalue weighted by Gasteiger charge is 2.19. The summed E-state index contributed by atoms with van der Waals surface area (Å²) >= 11 is 0. The standard InChI is InChI=1S/C5H10N4O2S/c1-9-4(7)3(6)5(8-9)12(2,10)11/h6-7H2,1-2H3. The van der Waals surface area contributed by atoms with Crippen molar-refractivity contribution >= 4 is 21.3 Å². The van der Waals surface area contributed by atoms with Gasteiger partial charge in [0.25, 0.3) is 0 Å². The lowest BCUT2D eigenvalue weighted by atomic mass is 10.5. The van der Waals surface area contributed by atoms with E-state index >= 15 is 0 Å². The number of nitrogens with zero attached hydrogens (tertiary/aromatic N) is 2. The lowest BCUT2D eigenvalue weighted by Crippen LogP contribution is -2.02. The van der Waals surface area contributed by atoms with Gasteiger partial charge in [0.05, 0.1) is 0 Å². The molecule has 4 N–H and O–H groups in total. The predicted octanol–water partition coefficient (Wildman–Crippen LogP) is -1.01. The fourth-order valence-electron chi connectivity index (χ4n) is 0.802. The van der Waals surface area contributed by atoms with Gasteiger partial charge in [0.2, 0.25) is 5.03 Å². The number of rotatable bonds is 1. The maximum atomic E-state index is 11.0. The van der Waals surface area contributed by atoms with Crippen LogP contribution in [0.1, 0.15) is 0 Å². The Kier molecular flexibility index (Phi) is 1.75. The van der Waals surface area contributed by atoms with E-state index in [0.717, 1.165) is 6.26 Å². The molecule has 68 valence electrons. The molecule has 0 saturated carbocycles. The van der Waals surface area contributed by atoms with Crippen molar-refractivity contribution in [1.29, 1.82) is 0 Å². The van der Waals surface area contributed by atoms with Crippen molar-refractivity contribution < 1.29 is 8.42 Å². The fraction of sp³-hybridized carbons (Fsp3) is 0.400. The average molecular weight is 190 g/mol. The molecule has 6 nitrogen and oxygen atoms in total. The summed E-state index contributed by atoms with van der Waals surface area (Å²) in [7, 11) is -1.84. The number of nitrogen functional groups attached to an aromatic ring is 2. The second-order valence-electron chi connectivity index (χ2n) is 2.50. The molecule has 0 unspecified atom stereocenters. The van der Waals surface area contributed by atoms with Crippen LogP contribution in [0.3, 0.4) is 0 Å². The molecule has 12 heavy (non-hydrogen) atoms. The van der Waals surface area contributed by atoms with Gasteiger partial charge in [0.15, 0.2) is 9.84 Å². The summed E-state index contributed by atoms with van der Waals surface area (Å²) in [5.41, 5.74) is 10.8. The van der Waals surface area contributed by atoms with Crippen molar-refractivity contribution in [2.24, 2.45) is 7.05 Å². The van der Waals surface area contributed by atoms with Crippen LogP contribution in [0.15, 0.2) is 5.03 Å². The van der Waals surface area contributed by atoms with E-state index in [0.29, 0.717) is 0 Å². The van der Waals surface area contributed by atoms with Gasteiger partial charge in [-0.25, -0.2) is 13.1 Å². The molecule has 0 saturated heterocycles. The molecule has 1 heterocycles. The van der Waals surface area contributed by atoms with Crippen molar-refractivity contribution in [2.45, 2.75) is 5.03 Å². The molecular formula is C5H10N4O2S. The minimum atomic E-state index is -3.37. The van der Waals surface area contributed by atoms with Gasteiger partial charge in [-0.2, -0.15) is 5.10 Å². The van der Waals surface area contributed by atoms with Crippen LogP contribution in [0.25, 0.3) is 0 Å². The molecule has 0 aromatic carbocycles. The number of hydrogen-bond donors (Lipinski definition) is 2. The molecule has 0 aliphatic rings. The Labute approximate surface area is 70.1 Å². The summed E-state index contributed by atoms with van der Waals surface area (Å²) in [6.45, 7) is 0. The zero-order valence-electron chi connectivity index (χ0n) is 6.77. The first-order chi connectivity index (χ1) is 5.34. The number of hydrogen-bond acceptors (Lipinski definition) is 5. The average Bonchev–Trinajstić information content (AvgIpc) is 2.15. The highest BCUT2D eigenvalue weighted by atomic mass is 32.2. The summed E-state index contributed by atoms with van der Waals surface area (Å²) in [6, 6.07) is 0. The lowest BCUT2D eigenvalue weighted by molar-refractivity contribution is 0.594. The van der Waals surface area contributed by atoms with Crippen LogP contribution in [-0.4, -0.2) is 24.5 Å². The van der Waals surface area contributed by atoms with Crippen molar-refractivity contribution in [3.8, 4) is 0 Å². The maximum absolute atomic E-state index is 11.0. The monoisotopic (exact) mass is 190 g/mol. The van der Waals surface area contributed by atoms with E-state index in [-0.39, 0.29) is 16.5 Å². The van der Waals surface area contributed by atoms with Gasteiger partial charge in [-0.15, -0.1) is 0 Å². The summed E-state index contributed by atoms with van der Waals surface area (Å²) in [6.07, 6.45) is 1.03. The predicted molar refractivity (Wildman–Crippen MR) is 45.1 cm³/mol. The van der Waals surface area contributed by atoms with Gasteiger partial charge in [0.1, 0.15) is 11.5 Å². The van der Waals surface area contributed by atoms with Crippen LogP contribution >= 0.6 is 0 Å². The van der Waals surface area contributed by atoms with E-state index in [1.807, 2.05) is 0 Å². The third-order valence-electron chi connectivity index (χ3n) is 1.45. The van der Waals surface area contributed by atoms with Crippen LogP contribution in [-0.2, 0) is 16.9 Å². The summed E-state index contributed by atoms with van der Waals surface area (Å²) in [4.78, 5) is 0. The minimum absolute atomic E-state index is 0.0139. The molecule has 1 rings (SSSR count). The van der Waals surface area contributed by atoms with Crippen LogP contribution in [0, 0.1) is 0 Å². The molecule has 0 bridgehead atoms. The van der Waals surface area contributed by atoms with Gasteiger partial charge in [-0.1, -0.05) is 0 Å². The Hall–Kier alpha value is -1.24. The Morgan fingerprint density at radius 2 is 1.92 bits per heavy atom. The van der Waals surface area contributed by atoms with E-state index < -0.39 is 9.84 Å². The number of anilines is 2. The smallest absolute Gasteiger partial charge is 0.201 e. The van der Waals surface area contributed by atoms with Crippen molar-refractivity contribution in [3.05, 3.63) is 0 Å². The molecule has 1 aromatic rings. The zero-order chi connectivity index (χ0) is 9.52. The summed E-state index contributed by atoms with van der Waals surface area (Å²) in [5, 5.41) is 3.50. The van der Waals surface area contributed by atoms with E-state index in [9.17, 15) is 8.42 Å².